The highest BCUT2D eigenvalue weighted by molar-refractivity contribution is 5.46. The minimum absolute atomic E-state index is 0.358. The van der Waals surface area contributed by atoms with E-state index in [0.29, 0.717) is 17.1 Å². The van der Waals surface area contributed by atoms with Gasteiger partial charge < -0.3 is 15.2 Å². The molecule has 1 aromatic carbocycles. The number of methoxy groups -OCH3 is 2. The smallest absolute Gasteiger partial charge is 0.252 e. The van der Waals surface area contributed by atoms with Crippen molar-refractivity contribution in [3.8, 4) is 11.5 Å². The first-order valence-corrected chi connectivity index (χ1v) is 5.29. The molecule has 5 heteroatoms. The predicted octanol–water partition coefficient (Wildman–Crippen LogP) is 2.29. The lowest BCUT2D eigenvalue weighted by Crippen LogP contribution is -2.55. The second-order valence-corrected chi connectivity index (χ2v) is 4.43. The van der Waals surface area contributed by atoms with Gasteiger partial charge in [0.25, 0.3) is 5.92 Å². The SMILES string of the molecule is COc1ccc(OC)c(C2(N)CC(F)(F)C2)c1. The molecule has 0 bridgehead atoms. The summed E-state index contributed by atoms with van der Waals surface area (Å²) in [5.41, 5.74) is 5.53. The molecule has 1 saturated carbocycles. The average Bonchev–Trinajstić information content (AvgIpc) is 2.25. The van der Waals surface area contributed by atoms with Crippen molar-refractivity contribution >= 4 is 0 Å². The van der Waals surface area contributed by atoms with Crippen LogP contribution in [0.15, 0.2) is 18.2 Å². The lowest BCUT2D eigenvalue weighted by molar-refractivity contribution is -0.125. The minimum Gasteiger partial charge on any atom is -0.497 e. The molecule has 1 aromatic rings. The fraction of sp³-hybridized carbons (Fsp3) is 0.500. The fourth-order valence-corrected chi connectivity index (χ4v) is 2.26. The molecule has 2 N–H and O–H groups in total. The number of hydrogen-bond donors (Lipinski definition) is 1. The first kappa shape index (κ1) is 12.1. The maximum Gasteiger partial charge on any atom is 0.252 e. The lowest BCUT2D eigenvalue weighted by Gasteiger charge is -2.45. The van der Waals surface area contributed by atoms with E-state index in [1.54, 1.807) is 18.2 Å². The summed E-state index contributed by atoms with van der Waals surface area (Å²) in [5.74, 6) is -1.58. The highest BCUT2D eigenvalue weighted by Gasteiger charge is 2.56. The number of benzene rings is 1. The van der Waals surface area contributed by atoms with Crippen molar-refractivity contribution in [2.24, 2.45) is 5.73 Å². The topological polar surface area (TPSA) is 44.5 Å². The van der Waals surface area contributed by atoms with Crippen molar-refractivity contribution in [1.82, 2.24) is 0 Å². The van der Waals surface area contributed by atoms with E-state index in [1.807, 2.05) is 0 Å². The van der Waals surface area contributed by atoms with E-state index in [1.165, 1.54) is 14.2 Å². The Labute approximate surface area is 98.5 Å². The summed E-state index contributed by atoms with van der Waals surface area (Å²) in [6.07, 6.45) is -0.715. The summed E-state index contributed by atoms with van der Waals surface area (Å²) >= 11 is 0. The van der Waals surface area contributed by atoms with E-state index in [2.05, 4.69) is 0 Å². The van der Waals surface area contributed by atoms with Crippen molar-refractivity contribution in [2.75, 3.05) is 14.2 Å². The number of hydrogen-bond acceptors (Lipinski definition) is 3. The summed E-state index contributed by atoms with van der Waals surface area (Å²) in [4.78, 5) is 0. The molecule has 0 aromatic heterocycles. The zero-order chi connectivity index (χ0) is 12.7. The summed E-state index contributed by atoms with van der Waals surface area (Å²) < 4.78 is 36.2. The number of rotatable bonds is 3. The molecule has 1 fully saturated rings. The minimum atomic E-state index is -2.68. The summed E-state index contributed by atoms with van der Waals surface area (Å²) in [7, 11) is 3.01. The van der Waals surface area contributed by atoms with E-state index in [0.717, 1.165) is 0 Å². The molecule has 17 heavy (non-hydrogen) atoms. The molecule has 3 nitrogen and oxygen atoms in total. The standard InChI is InChI=1S/C12H15F2NO2/c1-16-8-3-4-10(17-2)9(5-8)11(15)6-12(13,14)7-11/h3-5H,6-7,15H2,1-2H3. The van der Waals surface area contributed by atoms with E-state index in [-0.39, 0.29) is 12.8 Å². The highest BCUT2D eigenvalue weighted by Crippen LogP contribution is 2.52. The summed E-state index contributed by atoms with van der Waals surface area (Å²) in [6, 6.07) is 5.05. The Morgan fingerprint density at radius 3 is 2.29 bits per heavy atom. The second-order valence-electron chi connectivity index (χ2n) is 4.43. The molecular formula is C12H15F2NO2. The largest absolute Gasteiger partial charge is 0.497 e. The number of nitrogens with two attached hydrogens (primary N) is 1. The number of ether oxygens (including phenoxy) is 2. The van der Waals surface area contributed by atoms with Crippen LogP contribution in [0.5, 0.6) is 11.5 Å². The van der Waals surface area contributed by atoms with Crippen LogP contribution in [-0.2, 0) is 5.54 Å². The van der Waals surface area contributed by atoms with Crippen LogP contribution in [0.3, 0.4) is 0 Å². The van der Waals surface area contributed by atoms with Crippen molar-refractivity contribution in [3.63, 3.8) is 0 Å². The quantitative estimate of drug-likeness (QED) is 0.885. The lowest BCUT2D eigenvalue weighted by atomic mass is 9.69. The highest BCUT2D eigenvalue weighted by atomic mass is 19.3. The van der Waals surface area contributed by atoms with Crippen LogP contribution < -0.4 is 15.2 Å². The zero-order valence-electron chi connectivity index (χ0n) is 9.80. The molecule has 94 valence electrons. The molecule has 0 unspecified atom stereocenters. The maximum absolute atomic E-state index is 13.0. The monoisotopic (exact) mass is 243 g/mol. The average molecular weight is 243 g/mol. The van der Waals surface area contributed by atoms with Gasteiger partial charge in [0.2, 0.25) is 0 Å². The van der Waals surface area contributed by atoms with Crippen molar-refractivity contribution in [2.45, 2.75) is 24.3 Å². The van der Waals surface area contributed by atoms with Crippen LogP contribution in [0.2, 0.25) is 0 Å². The van der Waals surface area contributed by atoms with Crippen molar-refractivity contribution in [1.29, 1.82) is 0 Å². The van der Waals surface area contributed by atoms with E-state index in [4.69, 9.17) is 15.2 Å². The Bertz CT molecular complexity index is 427. The third-order valence-corrected chi connectivity index (χ3v) is 3.09. The molecule has 0 aliphatic heterocycles. The van der Waals surface area contributed by atoms with Gasteiger partial charge in [0.1, 0.15) is 11.5 Å². The van der Waals surface area contributed by atoms with Gasteiger partial charge in [-0.3, -0.25) is 0 Å². The van der Waals surface area contributed by atoms with Crippen LogP contribution >= 0.6 is 0 Å². The van der Waals surface area contributed by atoms with Crippen LogP contribution in [-0.4, -0.2) is 20.1 Å². The molecule has 1 aliphatic carbocycles. The summed E-state index contributed by atoms with van der Waals surface area (Å²) in [6.45, 7) is 0. The van der Waals surface area contributed by atoms with Crippen LogP contribution in [0.1, 0.15) is 18.4 Å². The Kier molecular flexibility index (Phi) is 2.73. The van der Waals surface area contributed by atoms with Crippen LogP contribution in [0.25, 0.3) is 0 Å². The predicted molar refractivity (Wildman–Crippen MR) is 59.6 cm³/mol. The van der Waals surface area contributed by atoms with Gasteiger partial charge in [-0.25, -0.2) is 8.78 Å². The Morgan fingerprint density at radius 1 is 1.18 bits per heavy atom. The molecule has 0 atom stereocenters. The van der Waals surface area contributed by atoms with E-state index < -0.39 is 11.5 Å². The molecule has 0 radical (unpaired) electrons. The molecule has 2 rings (SSSR count). The Hall–Kier alpha value is -1.36. The van der Waals surface area contributed by atoms with Gasteiger partial charge in [-0.2, -0.15) is 0 Å². The van der Waals surface area contributed by atoms with Gasteiger partial charge in [0, 0.05) is 18.4 Å². The van der Waals surface area contributed by atoms with Gasteiger partial charge in [0.15, 0.2) is 0 Å². The number of halogens is 2. The third-order valence-electron chi connectivity index (χ3n) is 3.09. The van der Waals surface area contributed by atoms with Gasteiger partial charge in [0.05, 0.1) is 19.8 Å². The fourth-order valence-electron chi connectivity index (χ4n) is 2.26. The first-order valence-electron chi connectivity index (χ1n) is 5.29. The summed E-state index contributed by atoms with van der Waals surface area (Å²) in [5, 5.41) is 0. The molecule has 1 aliphatic rings. The molecule has 0 saturated heterocycles. The molecule has 0 heterocycles. The third kappa shape index (κ3) is 2.07. The van der Waals surface area contributed by atoms with Gasteiger partial charge in [-0.05, 0) is 18.2 Å². The van der Waals surface area contributed by atoms with Crippen molar-refractivity contribution < 1.29 is 18.3 Å². The zero-order valence-corrected chi connectivity index (χ0v) is 9.80. The Morgan fingerprint density at radius 2 is 1.82 bits per heavy atom. The van der Waals surface area contributed by atoms with Crippen LogP contribution in [0.4, 0.5) is 8.78 Å². The molecule has 0 spiro atoms. The van der Waals surface area contributed by atoms with E-state index in [9.17, 15) is 8.78 Å². The van der Waals surface area contributed by atoms with Gasteiger partial charge in [-0.15, -0.1) is 0 Å². The van der Waals surface area contributed by atoms with Gasteiger partial charge >= 0.3 is 0 Å². The first-order chi connectivity index (χ1) is 7.90. The molecule has 0 amide bonds. The normalized spacial score (nSPS) is 20.5. The maximum atomic E-state index is 13.0. The Balaban J connectivity index is 2.37. The number of alkyl halides is 2. The second kappa shape index (κ2) is 3.84. The van der Waals surface area contributed by atoms with Crippen molar-refractivity contribution in [3.05, 3.63) is 23.8 Å². The molecular weight excluding hydrogens is 228 g/mol. The van der Waals surface area contributed by atoms with Crippen LogP contribution in [0, 0.1) is 0 Å². The van der Waals surface area contributed by atoms with E-state index >= 15 is 0 Å². The van der Waals surface area contributed by atoms with Gasteiger partial charge in [-0.1, -0.05) is 0 Å².